The summed E-state index contributed by atoms with van der Waals surface area (Å²) >= 11 is 11.7. The molecule has 21 heavy (non-hydrogen) atoms. The second kappa shape index (κ2) is 7.61. The van der Waals surface area contributed by atoms with Gasteiger partial charge >= 0.3 is 0 Å². The van der Waals surface area contributed by atoms with E-state index in [1.165, 1.54) is 12.3 Å². The Morgan fingerprint density at radius 3 is 2.76 bits per heavy atom. The number of aromatic nitrogens is 1. The van der Waals surface area contributed by atoms with Gasteiger partial charge in [-0.1, -0.05) is 23.2 Å². The maximum absolute atomic E-state index is 11.6. The van der Waals surface area contributed by atoms with E-state index in [-0.39, 0.29) is 6.61 Å². The summed E-state index contributed by atoms with van der Waals surface area (Å²) in [7, 11) is 0. The Morgan fingerprint density at radius 2 is 2.05 bits per heavy atom. The van der Waals surface area contributed by atoms with Gasteiger partial charge in [-0.15, -0.1) is 0 Å². The topological polar surface area (TPSA) is 63.6 Å². The molecule has 7 heteroatoms. The molecule has 0 saturated carbocycles. The summed E-state index contributed by atoms with van der Waals surface area (Å²) < 4.78 is 5.27. The molecule has 0 unspecified atom stereocenters. The van der Waals surface area contributed by atoms with Crippen molar-refractivity contribution in [3.8, 4) is 5.75 Å². The molecule has 0 fully saturated rings. The molecule has 0 aliphatic heterocycles. The number of rotatable bonds is 5. The number of ether oxygens (including phenoxy) is 1. The lowest BCUT2D eigenvalue weighted by atomic mass is 10.3. The molecule has 1 aromatic heterocycles. The van der Waals surface area contributed by atoms with E-state index in [9.17, 15) is 4.79 Å². The van der Waals surface area contributed by atoms with Crippen LogP contribution in [0.1, 0.15) is 5.56 Å². The first-order valence-electron chi connectivity index (χ1n) is 5.95. The Hall–Kier alpha value is -2.11. The van der Waals surface area contributed by atoms with Crippen LogP contribution in [0.25, 0.3) is 0 Å². The standard InChI is InChI=1S/C14H11Cl2N3O2/c15-11-1-2-13(12(16)7-11)21-9-14(20)19-18-8-10-3-5-17-6-4-10/h1-8H,9H2,(H,19,20)/b18-8-. The summed E-state index contributed by atoms with van der Waals surface area (Å²) in [6.07, 6.45) is 4.78. The summed E-state index contributed by atoms with van der Waals surface area (Å²) in [5.74, 6) is -0.0133. The number of nitrogens with one attached hydrogen (secondary N) is 1. The summed E-state index contributed by atoms with van der Waals surface area (Å²) in [4.78, 5) is 15.4. The van der Waals surface area contributed by atoms with Gasteiger partial charge in [0.05, 0.1) is 11.2 Å². The second-order valence-corrected chi connectivity index (χ2v) is 4.78. The zero-order valence-corrected chi connectivity index (χ0v) is 12.3. The molecule has 1 amide bonds. The van der Waals surface area contributed by atoms with Gasteiger partial charge in [-0.3, -0.25) is 9.78 Å². The van der Waals surface area contributed by atoms with Crippen LogP contribution in [-0.4, -0.2) is 23.7 Å². The summed E-state index contributed by atoms with van der Waals surface area (Å²) in [6.45, 7) is -0.199. The minimum atomic E-state index is -0.397. The van der Waals surface area contributed by atoms with Crippen LogP contribution in [0.2, 0.25) is 10.0 Å². The monoisotopic (exact) mass is 323 g/mol. The van der Waals surface area contributed by atoms with Crippen LogP contribution in [0.4, 0.5) is 0 Å². The van der Waals surface area contributed by atoms with E-state index in [2.05, 4.69) is 15.5 Å². The SMILES string of the molecule is O=C(COc1ccc(Cl)cc1Cl)N/N=C\c1ccncc1. The molecule has 0 atom stereocenters. The fraction of sp³-hybridized carbons (Fsp3) is 0.0714. The van der Waals surface area contributed by atoms with Crippen LogP contribution in [-0.2, 0) is 4.79 Å². The van der Waals surface area contributed by atoms with Gasteiger partial charge in [0.2, 0.25) is 0 Å². The second-order valence-electron chi connectivity index (χ2n) is 3.94. The largest absolute Gasteiger partial charge is 0.482 e. The van der Waals surface area contributed by atoms with E-state index >= 15 is 0 Å². The molecular weight excluding hydrogens is 313 g/mol. The van der Waals surface area contributed by atoms with E-state index in [0.29, 0.717) is 15.8 Å². The van der Waals surface area contributed by atoms with Gasteiger partial charge in [0.1, 0.15) is 5.75 Å². The van der Waals surface area contributed by atoms with E-state index < -0.39 is 5.91 Å². The van der Waals surface area contributed by atoms with E-state index in [4.69, 9.17) is 27.9 Å². The lowest BCUT2D eigenvalue weighted by Gasteiger charge is -2.06. The lowest BCUT2D eigenvalue weighted by Crippen LogP contribution is -2.24. The lowest BCUT2D eigenvalue weighted by molar-refractivity contribution is -0.123. The molecule has 1 aromatic carbocycles. The molecule has 2 rings (SSSR count). The number of pyridine rings is 1. The first-order chi connectivity index (χ1) is 10.1. The Labute approximate surface area is 131 Å². The molecule has 1 N–H and O–H groups in total. The van der Waals surface area contributed by atoms with Gasteiger partial charge in [0, 0.05) is 17.4 Å². The minimum Gasteiger partial charge on any atom is -0.482 e. The molecule has 0 saturated heterocycles. The third-order valence-corrected chi connectivity index (χ3v) is 2.89. The maximum Gasteiger partial charge on any atom is 0.277 e. The van der Waals surface area contributed by atoms with Crippen LogP contribution in [0.3, 0.4) is 0 Å². The van der Waals surface area contributed by atoms with Crippen molar-refractivity contribution in [2.75, 3.05) is 6.61 Å². The van der Waals surface area contributed by atoms with Crippen LogP contribution >= 0.6 is 23.2 Å². The molecule has 0 spiro atoms. The van der Waals surface area contributed by atoms with Gasteiger partial charge in [0.15, 0.2) is 6.61 Å². The minimum absolute atomic E-state index is 0.199. The Kier molecular flexibility index (Phi) is 5.54. The number of carbonyl (C=O) groups excluding carboxylic acids is 1. The van der Waals surface area contributed by atoms with E-state index in [1.807, 2.05) is 0 Å². The predicted molar refractivity (Wildman–Crippen MR) is 81.9 cm³/mol. The van der Waals surface area contributed by atoms with Crippen molar-refractivity contribution in [2.24, 2.45) is 5.10 Å². The van der Waals surface area contributed by atoms with Crippen molar-refractivity contribution in [3.05, 3.63) is 58.3 Å². The molecule has 108 valence electrons. The average Bonchev–Trinajstić information content (AvgIpc) is 2.47. The number of hydrazone groups is 1. The number of hydrogen-bond donors (Lipinski definition) is 1. The number of halogens is 2. The predicted octanol–water partition coefficient (Wildman–Crippen LogP) is 2.92. The number of nitrogens with zero attached hydrogens (tertiary/aromatic N) is 2. The molecule has 1 heterocycles. The third-order valence-electron chi connectivity index (χ3n) is 2.36. The number of benzene rings is 1. The first-order valence-corrected chi connectivity index (χ1v) is 6.70. The highest BCUT2D eigenvalue weighted by Gasteiger charge is 2.05. The fourth-order valence-electron chi connectivity index (χ4n) is 1.40. The normalized spacial score (nSPS) is 10.6. The molecule has 0 radical (unpaired) electrons. The zero-order chi connectivity index (χ0) is 15.1. The molecule has 0 bridgehead atoms. The third kappa shape index (κ3) is 5.06. The first kappa shape index (κ1) is 15.3. The van der Waals surface area contributed by atoms with Crippen LogP contribution in [0.15, 0.2) is 47.8 Å². The van der Waals surface area contributed by atoms with Gasteiger partial charge in [-0.05, 0) is 35.9 Å². The van der Waals surface area contributed by atoms with E-state index in [0.717, 1.165) is 5.56 Å². The average molecular weight is 324 g/mol. The Balaban J connectivity index is 1.81. The molecule has 0 aliphatic carbocycles. The summed E-state index contributed by atoms with van der Waals surface area (Å²) in [5, 5.41) is 4.65. The van der Waals surface area contributed by atoms with Gasteiger partial charge in [-0.25, -0.2) is 5.43 Å². The van der Waals surface area contributed by atoms with E-state index in [1.54, 1.807) is 36.7 Å². The van der Waals surface area contributed by atoms with Crippen molar-refractivity contribution >= 4 is 35.3 Å². The smallest absolute Gasteiger partial charge is 0.277 e. The van der Waals surface area contributed by atoms with Crippen LogP contribution in [0.5, 0.6) is 5.75 Å². The van der Waals surface area contributed by atoms with Crippen molar-refractivity contribution < 1.29 is 9.53 Å². The maximum atomic E-state index is 11.6. The highest BCUT2D eigenvalue weighted by Crippen LogP contribution is 2.27. The van der Waals surface area contributed by atoms with Crippen molar-refractivity contribution in [2.45, 2.75) is 0 Å². The van der Waals surface area contributed by atoms with Crippen molar-refractivity contribution in [3.63, 3.8) is 0 Å². The summed E-state index contributed by atoms with van der Waals surface area (Å²) in [6, 6.07) is 8.29. The van der Waals surface area contributed by atoms with Crippen molar-refractivity contribution in [1.29, 1.82) is 0 Å². The van der Waals surface area contributed by atoms with Gasteiger partial charge in [0.25, 0.3) is 5.91 Å². The Morgan fingerprint density at radius 1 is 1.29 bits per heavy atom. The molecule has 2 aromatic rings. The van der Waals surface area contributed by atoms with Crippen molar-refractivity contribution in [1.82, 2.24) is 10.4 Å². The highest BCUT2D eigenvalue weighted by molar-refractivity contribution is 6.35. The molecule has 0 aliphatic rings. The quantitative estimate of drug-likeness (QED) is 0.679. The zero-order valence-electron chi connectivity index (χ0n) is 10.8. The Bertz CT molecular complexity index is 648. The molecule has 5 nitrogen and oxygen atoms in total. The van der Waals surface area contributed by atoms with Gasteiger partial charge in [-0.2, -0.15) is 5.10 Å². The van der Waals surface area contributed by atoms with Gasteiger partial charge < -0.3 is 4.74 Å². The number of hydrogen-bond acceptors (Lipinski definition) is 4. The fourth-order valence-corrected chi connectivity index (χ4v) is 1.86. The molecular formula is C14H11Cl2N3O2. The number of amides is 1. The highest BCUT2D eigenvalue weighted by atomic mass is 35.5. The summed E-state index contributed by atoms with van der Waals surface area (Å²) in [5.41, 5.74) is 3.17. The van der Waals surface area contributed by atoms with Crippen LogP contribution in [0, 0.1) is 0 Å². The van der Waals surface area contributed by atoms with Crippen LogP contribution < -0.4 is 10.2 Å². The number of carbonyl (C=O) groups is 1.